The smallest absolute Gasteiger partial charge is 0.337 e. The summed E-state index contributed by atoms with van der Waals surface area (Å²) in [6.45, 7) is 5.26. The molecule has 2 aromatic rings. The Morgan fingerprint density at radius 2 is 1.64 bits per heavy atom. The fourth-order valence-corrected chi connectivity index (χ4v) is 4.71. The quantitative estimate of drug-likeness (QED) is 0.609. The first kappa shape index (κ1) is 24.2. The predicted octanol–water partition coefficient (Wildman–Crippen LogP) is 2.36. The van der Waals surface area contributed by atoms with Crippen LogP contribution in [-0.4, -0.2) is 42.8 Å². The highest BCUT2D eigenvalue weighted by molar-refractivity contribution is 7.90. The van der Waals surface area contributed by atoms with Gasteiger partial charge in [-0.15, -0.1) is 0 Å². The van der Waals surface area contributed by atoms with E-state index in [1.54, 1.807) is 20.8 Å². The van der Waals surface area contributed by atoms with Crippen molar-refractivity contribution in [1.29, 1.82) is 0 Å². The molecule has 33 heavy (non-hydrogen) atoms. The van der Waals surface area contributed by atoms with E-state index >= 15 is 0 Å². The van der Waals surface area contributed by atoms with Crippen LogP contribution in [0.4, 0.5) is 0 Å². The molecule has 1 unspecified atom stereocenters. The number of sulfone groups is 1. The van der Waals surface area contributed by atoms with Crippen molar-refractivity contribution < 1.29 is 27.5 Å². The van der Waals surface area contributed by atoms with Crippen LogP contribution in [0.1, 0.15) is 37.9 Å². The Hall–Kier alpha value is -3.40. The molecular formula is C23H27N3O6S. The lowest BCUT2D eigenvalue weighted by Crippen LogP contribution is -2.33. The average Bonchev–Trinajstić information content (AvgIpc) is 3.13. The summed E-state index contributed by atoms with van der Waals surface area (Å²) in [4.78, 5) is 30.2. The van der Waals surface area contributed by atoms with Crippen molar-refractivity contribution in [2.45, 2.75) is 38.5 Å². The maximum absolute atomic E-state index is 13.3. The molecule has 0 aliphatic carbocycles. The minimum absolute atomic E-state index is 0.0422. The van der Waals surface area contributed by atoms with Crippen LogP contribution in [0.2, 0.25) is 0 Å². The SMILES string of the molecule is CCOC(=O)C1=C(C)NC(C)=C(C(=O)OCc2ccccc2)C1c1cnc(S(C)(=O)=O)n1C. The van der Waals surface area contributed by atoms with Crippen LogP contribution in [0.15, 0.2) is 64.2 Å². The molecule has 2 heterocycles. The summed E-state index contributed by atoms with van der Waals surface area (Å²) in [5.74, 6) is -2.18. The van der Waals surface area contributed by atoms with Gasteiger partial charge in [-0.05, 0) is 26.3 Å². The molecule has 0 saturated carbocycles. The molecule has 0 spiro atoms. The molecule has 1 aliphatic rings. The van der Waals surface area contributed by atoms with Crippen molar-refractivity contribution >= 4 is 21.8 Å². The van der Waals surface area contributed by atoms with Gasteiger partial charge in [0.2, 0.25) is 15.0 Å². The number of ether oxygens (including phenoxy) is 2. The Bertz CT molecular complexity index is 1240. The number of aromatic nitrogens is 2. The van der Waals surface area contributed by atoms with Crippen LogP contribution >= 0.6 is 0 Å². The van der Waals surface area contributed by atoms with E-state index in [-0.39, 0.29) is 29.5 Å². The van der Waals surface area contributed by atoms with E-state index in [2.05, 4.69) is 10.3 Å². The molecule has 1 N–H and O–H groups in total. The molecule has 9 nitrogen and oxygen atoms in total. The summed E-state index contributed by atoms with van der Waals surface area (Å²) in [5, 5.41) is 2.89. The number of rotatable bonds is 7. The summed E-state index contributed by atoms with van der Waals surface area (Å²) in [7, 11) is -2.11. The number of carbonyl (C=O) groups is 2. The van der Waals surface area contributed by atoms with Crippen molar-refractivity contribution in [1.82, 2.24) is 14.9 Å². The van der Waals surface area contributed by atoms with Gasteiger partial charge in [-0.25, -0.2) is 23.0 Å². The summed E-state index contributed by atoms with van der Waals surface area (Å²) >= 11 is 0. The van der Waals surface area contributed by atoms with Crippen LogP contribution in [0.3, 0.4) is 0 Å². The van der Waals surface area contributed by atoms with Gasteiger partial charge in [0.15, 0.2) is 0 Å². The highest BCUT2D eigenvalue weighted by Gasteiger charge is 2.40. The lowest BCUT2D eigenvalue weighted by molar-refractivity contribution is -0.141. The Morgan fingerprint density at radius 3 is 2.15 bits per heavy atom. The number of hydrogen-bond acceptors (Lipinski definition) is 8. The maximum atomic E-state index is 13.3. The van der Waals surface area contributed by atoms with Crippen molar-refractivity contribution in [2.24, 2.45) is 7.05 Å². The molecule has 1 aromatic heterocycles. The number of allylic oxidation sites excluding steroid dienone is 2. The third-order valence-corrected chi connectivity index (χ3v) is 6.34. The molecule has 1 aliphatic heterocycles. The normalized spacial score (nSPS) is 16.5. The molecule has 1 atom stereocenters. The Labute approximate surface area is 193 Å². The van der Waals surface area contributed by atoms with Gasteiger partial charge in [0.1, 0.15) is 6.61 Å². The molecule has 0 fully saturated rings. The maximum Gasteiger partial charge on any atom is 0.337 e. The van der Waals surface area contributed by atoms with Gasteiger partial charge in [-0.2, -0.15) is 0 Å². The van der Waals surface area contributed by atoms with Crippen molar-refractivity contribution in [3.63, 3.8) is 0 Å². The summed E-state index contributed by atoms with van der Waals surface area (Å²) in [5.41, 5.74) is 2.52. The van der Waals surface area contributed by atoms with Gasteiger partial charge >= 0.3 is 11.9 Å². The van der Waals surface area contributed by atoms with Gasteiger partial charge in [-0.1, -0.05) is 30.3 Å². The van der Waals surface area contributed by atoms with Crippen LogP contribution in [0, 0.1) is 0 Å². The number of esters is 2. The number of hydrogen-bond donors (Lipinski definition) is 1. The Kier molecular flexibility index (Phi) is 7.06. The zero-order valence-corrected chi connectivity index (χ0v) is 20.0. The monoisotopic (exact) mass is 473 g/mol. The van der Waals surface area contributed by atoms with Gasteiger partial charge in [-0.3, -0.25) is 0 Å². The summed E-state index contributed by atoms with van der Waals surface area (Å²) in [6.07, 6.45) is 2.40. The van der Waals surface area contributed by atoms with Crippen molar-refractivity contribution in [3.8, 4) is 0 Å². The average molecular weight is 474 g/mol. The first-order chi connectivity index (χ1) is 15.6. The highest BCUT2D eigenvalue weighted by Crippen LogP contribution is 2.39. The second kappa shape index (κ2) is 9.62. The molecule has 0 saturated heterocycles. The molecule has 176 valence electrons. The molecule has 0 amide bonds. The van der Waals surface area contributed by atoms with E-state index in [1.807, 2.05) is 30.3 Å². The number of benzene rings is 1. The Morgan fingerprint density at radius 1 is 1.06 bits per heavy atom. The van der Waals surface area contributed by atoms with Gasteiger partial charge in [0.05, 0.1) is 35.6 Å². The van der Waals surface area contributed by atoms with Crippen LogP contribution < -0.4 is 5.32 Å². The predicted molar refractivity (Wildman–Crippen MR) is 120 cm³/mol. The first-order valence-corrected chi connectivity index (χ1v) is 12.2. The summed E-state index contributed by atoms with van der Waals surface area (Å²) in [6, 6.07) is 9.20. The van der Waals surface area contributed by atoms with E-state index in [0.29, 0.717) is 17.1 Å². The molecule has 10 heteroatoms. The molecular weight excluding hydrogens is 446 g/mol. The molecule has 0 radical (unpaired) electrons. The zero-order chi connectivity index (χ0) is 24.3. The van der Waals surface area contributed by atoms with Crippen molar-refractivity contribution in [3.05, 3.63) is 70.3 Å². The zero-order valence-electron chi connectivity index (χ0n) is 19.2. The van der Waals surface area contributed by atoms with Gasteiger partial charge < -0.3 is 19.4 Å². The third kappa shape index (κ3) is 5.00. The second-order valence-corrected chi connectivity index (χ2v) is 9.62. The van der Waals surface area contributed by atoms with E-state index in [9.17, 15) is 18.0 Å². The van der Waals surface area contributed by atoms with Gasteiger partial charge in [0.25, 0.3) is 0 Å². The molecule has 0 bridgehead atoms. The molecule has 1 aromatic carbocycles. The van der Waals surface area contributed by atoms with Crippen LogP contribution in [0.5, 0.6) is 0 Å². The van der Waals surface area contributed by atoms with E-state index < -0.39 is 27.7 Å². The van der Waals surface area contributed by atoms with E-state index in [1.165, 1.54) is 17.8 Å². The number of nitrogens with zero attached hydrogens (tertiary/aromatic N) is 2. The highest BCUT2D eigenvalue weighted by atomic mass is 32.2. The fraction of sp³-hybridized carbons (Fsp3) is 0.348. The van der Waals surface area contributed by atoms with Crippen LogP contribution in [-0.2, 0) is 42.6 Å². The standard InChI is InChI=1S/C23H27N3O6S/c1-6-31-21(27)18-14(2)25-15(3)19(22(28)32-13-16-10-8-7-9-11-16)20(18)17-12-24-23(26(17)4)33(5,29)30/h7-12,20,25H,6,13H2,1-5H3. The fourth-order valence-electron chi connectivity index (χ4n) is 3.86. The largest absolute Gasteiger partial charge is 0.463 e. The van der Waals surface area contributed by atoms with E-state index in [4.69, 9.17) is 9.47 Å². The number of dihydropyridines is 1. The minimum atomic E-state index is -3.64. The topological polar surface area (TPSA) is 117 Å². The van der Waals surface area contributed by atoms with E-state index in [0.717, 1.165) is 11.8 Å². The number of nitrogens with one attached hydrogen (secondary N) is 1. The van der Waals surface area contributed by atoms with Gasteiger partial charge in [0, 0.05) is 24.7 Å². The van der Waals surface area contributed by atoms with Crippen LogP contribution in [0.25, 0.3) is 0 Å². The lowest BCUT2D eigenvalue weighted by Gasteiger charge is -2.30. The molecule has 3 rings (SSSR count). The number of imidazole rings is 1. The Balaban J connectivity index is 2.10. The number of carbonyl (C=O) groups excluding carboxylic acids is 2. The third-order valence-electron chi connectivity index (χ3n) is 5.30. The second-order valence-electron chi connectivity index (χ2n) is 7.71. The van der Waals surface area contributed by atoms with Crippen molar-refractivity contribution in [2.75, 3.05) is 12.9 Å². The lowest BCUT2D eigenvalue weighted by atomic mass is 9.83. The summed E-state index contributed by atoms with van der Waals surface area (Å²) < 4.78 is 36.5. The minimum Gasteiger partial charge on any atom is -0.463 e. The first-order valence-electron chi connectivity index (χ1n) is 10.3.